The monoisotopic (exact) mass is 426 g/mol. The van der Waals surface area contributed by atoms with Gasteiger partial charge in [-0.25, -0.2) is 8.42 Å². The van der Waals surface area contributed by atoms with E-state index in [0.717, 1.165) is 23.4 Å². The van der Waals surface area contributed by atoms with Crippen LogP contribution < -0.4 is 4.74 Å². The molecule has 7 nitrogen and oxygen atoms in total. The molecule has 0 bridgehead atoms. The molecule has 0 amide bonds. The van der Waals surface area contributed by atoms with Gasteiger partial charge in [-0.2, -0.15) is 4.31 Å². The second-order valence-corrected chi connectivity index (χ2v) is 8.41. The molecule has 1 aliphatic rings. The first-order chi connectivity index (χ1) is 11.9. The minimum atomic E-state index is -3.72. The van der Waals surface area contributed by atoms with Gasteiger partial charge in [0.05, 0.1) is 9.82 Å². The zero-order valence-corrected chi connectivity index (χ0v) is 15.5. The van der Waals surface area contributed by atoms with Crippen LogP contribution in [0.2, 0.25) is 0 Å². The smallest absolute Gasteiger partial charge is 0.312 e. The van der Waals surface area contributed by atoms with E-state index in [1.807, 2.05) is 0 Å². The molecule has 0 aromatic heterocycles. The van der Waals surface area contributed by atoms with Gasteiger partial charge < -0.3 is 4.74 Å². The van der Waals surface area contributed by atoms with Gasteiger partial charge in [0, 0.05) is 23.6 Å². The fourth-order valence-corrected chi connectivity index (χ4v) is 4.40. The van der Waals surface area contributed by atoms with Crippen molar-refractivity contribution in [1.29, 1.82) is 0 Å². The zero-order chi connectivity index (χ0) is 18.0. The fourth-order valence-electron chi connectivity index (χ4n) is 2.59. The highest BCUT2D eigenvalue weighted by molar-refractivity contribution is 9.10. The molecule has 1 fully saturated rings. The van der Waals surface area contributed by atoms with Crippen molar-refractivity contribution in [1.82, 2.24) is 4.31 Å². The first-order valence-electron chi connectivity index (χ1n) is 7.60. The number of nitro benzene ring substituents is 1. The lowest BCUT2D eigenvalue weighted by molar-refractivity contribution is -0.385. The van der Waals surface area contributed by atoms with Crippen LogP contribution in [-0.2, 0) is 10.0 Å². The van der Waals surface area contributed by atoms with Crippen LogP contribution in [0.15, 0.2) is 51.8 Å². The molecule has 0 N–H and O–H groups in total. The second kappa shape index (κ2) is 7.11. The molecule has 1 aliphatic heterocycles. The van der Waals surface area contributed by atoms with Crippen molar-refractivity contribution < 1.29 is 18.1 Å². The first-order valence-corrected chi connectivity index (χ1v) is 9.83. The van der Waals surface area contributed by atoms with E-state index in [2.05, 4.69) is 15.9 Å². The molecular formula is C16H15BrN2O5S. The largest absolute Gasteiger partial charge is 0.450 e. The molecule has 0 unspecified atom stereocenters. The van der Waals surface area contributed by atoms with Crippen LogP contribution in [0.5, 0.6) is 11.5 Å². The Morgan fingerprint density at radius 2 is 1.72 bits per heavy atom. The number of hydrogen-bond acceptors (Lipinski definition) is 5. The summed E-state index contributed by atoms with van der Waals surface area (Å²) in [5, 5.41) is 11.4. The minimum absolute atomic E-state index is 0.00676. The van der Waals surface area contributed by atoms with Crippen LogP contribution in [0.3, 0.4) is 0 Å². The van der Waals surface area contributed by atoms with Gasteiger partial charge in [0.1, 0.15) is 5.75 Å². The summed E-state index contributed by atoms with van der Waals surface area (Å²) >= 11 is 3.30. The molecular weight excluding hydrogens is 412 g/mol. The summed E-state index contributed by atoms with van der Waals surface area (Å²) in [6.07, 6.45) is 1.60. The Morgan fingerprint density at radius 1 is 1.08 bits per heavy atom. The number of nitro groups is 1. The number of rotatable bonds is 5. The molecule has 25 heavy (non-hydrogen) atoms. The van der Waals surface area contributed by atoms with Crippen LogP contribution >= 0.6 is 15.9 Å². The van der Waals surface area contributed by atoms with Crippen molar-refractivity contribution in [2.75, 3.05) is 13.1 Å². The Hall–Kier alpha value is -1.97. The molecule has 132 valence electrons. The Morgan fingerprint density at radius 3 is 2.32 bits per heavy atom. The highest BCUT2D eigenvalue weighted by Crippen LogP contribution is 2.35. The summed E-state index contributed by atoms with van der Waals surface area (Å²) in [6.45, 7) is 0.876. The summed E-state index contributed by atoms with van der Waals surface area (Å²) in [5.74, 6) is 0.411. The van der Waals surface area contributed by atoms with Crippen molar-refractivity contribution in [3.63, 3.8) is 0 Å². The second-order valence-electron chi connectivity index (χ2n) is 5.55. The third-order valence-electron chi connectivity index (χ3n) is 3.87. The van der Waals surface area contributed by atoms with E-state index in [1.165, 1.54) is 16.4 Å². The summed E-state index contributed by atoms with van der Waals surface area (Å²) in [4.78, 5) is 10.6. The van der Waals surface area contributed by atoms with E-state index in [-0.39, 0.29) is 16.3 Å². The summed E-state index contributed by atoms with van der Waals surface area (Å²) in [7, 11) is -3.72. The van der Waals surface area contributed by atoms with Crippen LogP contribution in [0.4, 0.5) is 5.69 Å². The number of nitrogens with zero attached hydrogens (tertiary/aromatic N) is 2. The van der Waals surface area contributed by atoms with Crippen LogP contribution in [0.25, 0.3) is 0 Å². The van der Waals surface area contributed by atoms with Crippen molar-refractivity contribution in [3.8, 4) is 11.5 Å². The maximum Gasteiger partial charge on any atom is 0.312 e. The van der Waals surface area contributed by atoms with Gasteiger partial charge in [-0.15, -0.1) is 0 Å². The Bertz CT molecular complexity index is 893. The summed E-state index contributed by atoms with van der Waals surface area (Å²) in [6, 6.07) is 10.5. The maximum absolute atomic E-state index is 12.6. The summed E-state index contributed by atoms with van der Waals surface area (Å²) in [5.41, 5.74) is -0.386. The van der Waals surface area contributed by atoms with Gasteiger partial charge in [-0.05, 0) is 49.2 Å². The molecule has 0 spiro atoms. The van der Waals surface area contributed by atoms with Crippen molar-refractivity contribution in [2.24, 2.45) is 0 Å². The van der Waals surface area contributed by atoms with E-state index in [0.29, 0.717) is 18.8 Å². The third-order valence-corrected chi connectivity index (χ3v) is 6.29. The molecule has 0 saturated carbocycles. The van der Waals surface area contributed by atoms with Crippen molar-refractivity contribution in [3.05, 3.63) is 57.1 Å². The average molecular weight is 427 g/mol. The number of halogens is 1. The van der Waals surface area contributed by atoms with E-state index < -0.39 is 14.9 Å². The highest BCUT2D eigenvalue weighted by atomic mass is 79.9. The maximum atomic E-state index is 12.6. The quantitative estimate of drug-likeness (QED) is 0.533. The Balaban J connectivity index is 1.95. The Labute approximate surface area is 153 Å². The molecule has 3 rings (SSSR count). The van der Waals surface area contributed by atoms with Crippen LogP contribution in [-0.4, -0.2) is 30.7 Å². The average Bonchev–Trinajstić information content (AvgIpc) is 3.12. The number of ether oxygens (including phenoxy) is 1. The van der Waals surface area contributed by atoms with Crippen molar-refractivity contribution >= 4 is 31.6 Å². The normalized spacial score (nSPS) is 15.2. The lowest BCUT2D eigenvalue weighted by atomic mass is 10.3. The zero-order valence-electron chi connectivity index (χ0n) is 13.1. The van der Waals surface area contributed by atoms with Crippen LogP contribution in [0.1, 0.15) is 12.8 Å². The lowest BCUT2D eigenvalue weighted by Crippen LogP contribution is -2.27. The molecule has 2 aromatic rings. The third kappa shape index (κ3) is 3.83. The Kier molecular flexibility index (Phi) is 5.07. The topological polar surface area (TPSA) is 89.8 Å². The standard InChI is InChI=1S/C16H15BrN2O5S/c17-12-3-5-13(6-4-12)24-16-8-7-14(11-15(16)19(20)21)25(22,23)18-9-1-2-10-18/h3-8,11H,1-2,9-10H2. The van der Waals surface area contributed by atoms with Gasteiger partial charge in [-0.3, -0.25) is 10.1 Å². The number of sulfonamides is 1. The van der Waals surface area contributed by atoms with Gasteiger partial charge >= 0.3 is 5.69 Å². The minimum Gasteiger partial charge on any atom is -0.450 e. The first kappa shape index (κ1) is 17.8. The highest BCUT2D eigenvalue weighted by Gasteiger charge is 2.29. The fraction of sp³-hybridized carbons (Fsp3) is 0.250. The van der Waals surface area contributed by atoms with Gasteiger partial charge in [0.25, 0.3) is 0 Å². The summed E-state index contributed by atoms with van der Waals surface area (Å²) < 4.78 is 32.9. The van der Waals surface area contributed by atoms with Crippen LogP contribution in [0, 0.1) is 10.1 Å². The predicted octanol–water partition coefficient (Wildman–Crippen LogP) is 3.93. The van der Waals surface area contributed by atoms with E-state index in [9.17, 15) is 18.5 Å². The predicted molar refractivity (Wildman–Crippen MR) is 95.3 cm³/mol. The SMILES string of the molecule is O=[N+]([O-])c1cc(S(=O)(=O)N2CCCC2)ccc1Oc1ccc(Br)cc1. The molecule has 0 aliphatic carbocycles. The van der Waals surface area contributed by atoms with Gasteiger partial charge in [0.2, 0.25) is 15.8 Å². The number of hydrogen-bond donors (Lipinski definition) is 0. The molecule has 1 saturated heterocycles. The number of benzene rings is 2. The van der Waals surface area contributed by atoms with E-state index >= 15 is 0 Å². The molecule has 0 radical (unpaired) electrons. The van der Waals surface area contributed by atoms with Gasteiger partial charge in [-0.1, -0.05) is 15.9 Å². The lowest BCUT2D eigenvalue weighted by Gasteiger charge is -2.15. The molecule has 1 heterocycles. The van der Waals surface area contributed by atoms with Crippen molar-refractivity contribution in [2.45, 2.75) is 17.7 Å². The molecule has 0 atom stereocenters. The van der Waals surface area contributed by atoms with E-state index in [4.69, 9.17) is 4.74 Å². The van der Waals surface area contributed by atoms with E-state index in [1.54, 1.807) is 24.3 Å². The molecule has 2 aromatic carbocycles. The molecule has 9 heteroatoms. The van der Waals surface area contributed by atoms with Gasteiger partial charge in [0.15, 0.2) is 0 Å².